The van der Waals surface area contributed by atoms with Gasteiger partial charge in [0, 0.05) is 25.1 Å². The van der Waals surface area contributed by atoms with Crippen molar-refractivity contribution in [3.8, 4) is 5.75 Å². The Morgan fingerprint density at radius 2 is 2.00 bits per heavy atom. The maximum absolute atomic E-state index is 12.5. The lowest BCUT2D eigenvalue weighted by atomic mass is 9.87. The second-order valence-corrected chi connectivity index (χ2v) is 6.84. The topological polar surface area (TPSA) is 66.6 Å². The predicted octanol–water partition coefficient (Wildman–Crippen LogP) is 3.21. The van der Waals surface area contributed by atoms with Gasteiger partial charge in [0.25, 0.3) is 0 Å². The van der Waals surface area contributed by atoms with E-state index in [0.29, 0.717) is 13.0 Å². The summed E-state index contributed by atoms with van der Waals surface area (Å²) in [4.78, 5) is 14.2. The minimum Gasteiger partial charge on any atom is -0.508 e. The number of carbonyl (C=O) groups excluding carboxylic acids is 1. The molecule has 21 heavy (non-hydrogen) atoms. The zero-order chi connectivity index (χ0) is 16.2. The molecule has 0 heterocycles. The third kappa shape index (κ3) is 5.38. The first kappa shape index (κ1) is 17.5. The van der Waals surface area contributed by atoms with Crippen LogP contribution < -0.4 is 10.6 Å². The van der Waals surface area contributed by atoms with Crippen molar-refractivity contribution in [2.45, 2.75) is 53.5 Å². The molecule has 1 unspecified atom stereocenters. The number of phenolic OH excluding ortho intramolecular Hbond substituents is 1. The highest BCUT2D eigenvalue weighted by Crippen LogP contribution is 2.26. The molecule has 0 aromatic heterocycles. The van der Waals surface area contributed by atoms with Gasteiger partial charge in [0.15, 0.2) is 0 Å². The summed E-state index contributed by atoms with van der Waals surface area (Å²) in [5, 5.41) is 9.64. The third-order valence-electron chi connectivity index (χ3n) is 3.41. The second kappa shape index (κ2) is 6.94. The van der Waals surface area contributed by atoms with Crippen molar-refractivity contribution in [1.29, 1.82) is 0 Å². The number of aromatic hydroxyl groups is 1. The molecule has 4 nitrogen and oxygen atoms in total. The maximum Gasteiger partial charge on any atom is 0.228 e. The van der Waals surface area contributed by atoms with E-state index in [4.69, 9.17) is 5.73 Å². The van der Waals surface area contributed by atoms with Gasteiger partial charge in [0.05, 0.1) is 5.69 Å². The Bertz CT molecular complexity index is 492. The first-order chi connectivity index (χ1) is 9.64. The molecule has 0 fully saturated rings. The van der Waals surface area contributed by atoms with Crippen LogP contribution in [-0.4, -0.2) is 23.6 Å². The van der Waals surface area contributed by atoms with E-state index in [1.165, 1.54) is 0 Å². The summed E-state index contributed by atoms with van der Waals surface area (Å²) in [5.41, 5.74) is 7.93. The maximum atomic E-state index is 12.5. The Morgan fingerprint density at radius 3 is 2.52 bits per heavy atom. The largest absolute Gasteiger partial charge is 0.508 e. The number of nitrogens with zero attached hydrogens (tertiary/aromatic N) is 1. The number of carbonyl (C=O) groups is 1. The van der Waals surface area contributed by atoms with Gasteiger partial charge < -0.3 is 15.7 Å². The van der Waals surface area contributed by atoms with Crippen LogP contribution in [0.3, 0.4) is 0 Å². The number of rotatable bonds is 5. The fraction of sp³-hybridized carbons (Fsp3) is 0.588. The molecular formula is C17H28N2O2. The number of phenols is 1. The summed E-state index contributed by atoms with van der Waals surface area (Å²) in [6.45, 7) is 10.8. The van der Waals surface area contributed by atoms with E-state index in [2.05, 4.69) is 20.8 Å². The smallest absolute Gasteiger partial charge is 0.228 e. The molecule has 0 radical (unpaired) electrons. The number of benzene rings is 1. The van der Waals surface area contributed by atoms with Crippen molar-refractivity contribution in [2.24, 2.45) is 11.1 Å². The van der Waals surface area contributed by atoms with Gasteiger partial charge in [-0.25, -0.2) is 0 Å². The third-order valence-corrected chi connectivity index (χ3v) is 3.41. The zero-order valence-corrected chi connectivity index (χ0v) is 13.8. The van der Waals surface area contributed by atoms with Crippen molar-refractivity contribution in [1.82, 2.24) is 0 Å². The molecule has 0 aliphatic rings. The monoisotopic (exact) mass is 292 g/mol. The minimum absolute atomic E-state index is 0.00273. The van der Waals surface area contributed by atoms with Gasteiger partial charge in [-0.3, -0.25) is 4.79 Å². The molecule has 0 aliphatic heterocycles. The average molecular weight is 292 g/mol. The Morgan fingerprint density at radius 1 is 1.38 bits per heavy atom. The van der Waals surface area contributed by atoms with Crippen LogP contribution in [0.25, 0.3) is 0 Å². The Hall–Kier alpha value is -1.55. The van der Waals surface area contributed by atoms with Crippen LogP contribution >= 0.6 is 0 Å². The van der Waals surface area contributed by atoms with Crippen LogP contribution in [0.5, 0.6) is 5.75 Å². The van der Waals surface area contributed by atoms with E-state index in [9.17, 15) is 9.90 Å². The van der Waals surface area contributed by atoms with Crippen LogP contribution in [0.15, 0.2) is 18.2 Å². The normalized spacial score (nSPS) is 13.0. The fourth-order valence-electron chi connectivity index (χ4n) is 2.56. The van der Waals surface area contributed by atoms with Crippen LogP contribution in [0.1, 0.15) is 46.1 Å². The quantitative estimate of drug-likeness (QED) is 0.875. The molecule has 1 aromatic rings. The van der Waals surface area contributed by atoms with Crippen LogP contribution in [0.4, 0.5) is 5.69 Å². The molecule has 4 heteroatoms. The van der Waals surface area contributed by atoms with Crippen LogP contribution in [0.2, 0.25) is 0 Å². The highest BCUT2D eigenvalue weighted by Gasteiger charge is 2.22. The lowest BCUT2D eigenvalue weighted by Gasteiger charge is -2.27. The summed E-state index contributed by atoms with van der Waals surface area (Å²) in [7, 11) is 0. The molecule has 0 saturated carbocycles. The highest BCUT2D eigenvalue weighted by atomic mass is 16.3. The van der Waals surface area contributed by atoms with Crippen molar-refractivity contribution >= 4 is 11.6 Å². The first-order valence-corrected chi connectivity index (χ1v) is 7.49. The molecule has 0 bridgehead atoms. The molecule has 1 atom stereocenters. The molecule has 1 amide bonds. The molecule has 118 valence electrons. The van der Waals surface area contributed by atoms with Gasteiger partial charge in [0.2, 0.25) is 5.91 Å². The minimum atomic E-state index is -0.149. The summed E-state index contributed by atoms with van der Waals surface area (Å²) >= 11 is 0. The van der Waals surface area contributed by atoms with Crippen molar-refractivity contribution < 1.29 is 9.90 Å². The summed E-state index contributed by atoms with van der Waals surface area (Å²) in [6.07, 6.45) is 1.12. The van der Waals surface area contributed by atoms with Crippen LogP contribution in [-0.2, 0) is 4.79 Å². The van der Waals surface area contributed by atoms with E-state index in [-0.39, 0.29) is 23.1 Å². The summed E-state index contributed by atoms with van der Waals surface area (Å²) < 4.78 is 0. The van der Waals surface area contributed by atoms with E-state index >= 15 is 0 Å². The standard InChI is InChI=1S/C17H28N2O2/c1-6-19(15-10-14(20)8-7-12(15)2)16(21)9-13(18)11-17(3,4)5/h7-8,10,13,20H,6,9,11,18H2,1-5H3. The second-order valence-electron chi connectivity index (χ2n) is 6.84. The molecular weight excluding hydrogens is 264 g/mol. The molecule has 0 saturated heterocycles. The van der Waals surface area contributed by atoms with Crippen molar-refractivity contribution in [3.05, 3.63) is 23.8 Å². The Kier molecular flexibility index (Phi) is 5.78. The van der Waals surface area contributed by atoms with E-state index < -0.39 is 0 Å². The zero-order valence-electron chi connectivity index (χ0n) is 13.8. The van der Waals surface area contributed by atoms with Crippen molar-refractivity contribution in [3.63, 3.8) is 0 Å². The van der Waals surface area contributed by atoms with E-state index in [0.717, 1.165) is 17.7 Å². The predicted molar refractivity (Wildman–Crippen MR) is 87.5 cm³/mol. The number of hydrogen-bond acceptors (Lipinski definition) is 3. The van der Waals surface area contributed by atoms with E-state index in [1.54, 1.807) is 17.0 Å². The fourth-order valence-corrected chi connectivity index (χ4v) is 2.56. The van der Waals surface area contributed by atoms with Gasteiger partial charge in [-0.2, -0.15) is 0 Å². The molecule has 0 aliphatic carbocycles. The Balaban J connectivity index is 2.85. The van der Waals surface area contributed by atoms with Crippen molar-refractivity contribution in [2.75, 3.05) is 11.4 Å². The molecule has 0 spiro atoms. The SMILES string of the molecule is CCN(C(=O)CC(N)CC(C)(C)C)c1cc(O)ccc1C. The summed E-state index contributed by atoms with van der Waals surface area (Å²) in [5.74, 6) is 0.170. The number of amides is 1. The highest BCUT2D eigenvalue weighted by molar-refractivity contribution is 5.94. The number of aryl methyl sites for hydroxylation is 1. The van der Waals surface area contributed by atoms with Gasteiger partial charge in [-0.05, 0) is 37.3 Å². The molecule has 3 N–H and O–H groups in total. The average Bonchev–Trinajstić information content (AvgIpc) is 2.31. The van der Waals surface area contributed by atoms with Gasteiger partial charge in [-0.1, -0.05) is 26.8 Å². The Labute approximate surface area is 128 Å². The molecule has 1 aromatic carbocycles. The number of anilines is 1. The van der Waals surface area contributed by atoms with Gasteiger partial charge in [0.1, 0.15) is 5.75 Å². The first-order valence-electron chi connectivity index (χ1n) is 7.49. The van der Waals surface area contributed by atoms with Gasteiger partial charge >= 0.3 is 0 Å². The summed E-state index contributed by atoms with van der Waals surface area (Å²) in [6, 6.07) is 4.92. The lowest BCUT2D eigenvalue weighted by molar-refractivity contribution is -0.119. The van der Waals surface area contributed by atoms with Gasteiger partial charge in [-0.15, -0.1) is 0 Å². The molecule has 1 rings (SSSR count). The number of hydrogen-bond donors (Lipinski definition) is 2. The van der Waals surface area contributed by atoms with Crippen LogP contribution in [0, 0.1) is 12.3 Å². The lowest BCUT2D eigenvalue weighted by Crippen LogP contribution is -2.37. The number of nitrogens with two attached hydrogens (primary N) is 1. The van der Waals surface area contributed by atoms with E-state index in [1.807, 2.05) is 19.9 Å².